The lowest BCUT2D eigenvalue weighted by Crippen LogP contribution is -2.37. The number of hydrogen-bond donors (Lipinski definition) is 1. The van der Waals surface area contributed by atoms with Gasteiger partial charge in [-0.25, -0.2) is 0 Å². The first-order valence-corrected chi connectivity index (χ1v) is 8.72. The van der Waals surface area contributed by atoms with E-state index in [0.717, 1.165) is 11.1 Å². The standard InChI is InChI=1S/C19H20Cl2N2O3/c1-12-6-4-9-16(13(12)2)26-11-18(25)23(3)10-17(24)22-19-14(20)7-5-8-15(19)21/h4-9H,10-11H2,1-3H3,(H,22,24). The van der Waals surface area contributed by atoms with Gasteiger partial charge in [0.2, 0.25) is 5.91 Å². The molecular weight excluding hydrogens is 375 g/mol. The third kappa shape index (κ3) is 5.13. The predicted molar refractivity (Wildman–Crippen MR) is 104 cm³/mol. The van der Waals surface area contributed by atoms with E-state index in [2.05, 4.69) is 5.32 Å². The summed E-state index contributed by atoms with van der Waals surface area (Å²) >= 11 is 12.0. The Morgan fingerprint density at radius 3 is 2.35 bits per heavy atom. The third-order valence-electron chi connectivity index (χ3n) is 3.94. The van der Waals surface area contributed by atoms with Crippen LogP contribution in [0.4, 0.5) is 5.69 Å². The minimum absolute atomic E-state index is 0.142. The SMILES string of the molecule is Cc1cccc(OCC(=O)N(C)CC(=O)Nc2c(Cl)cccc2Cl)c1C. The van der Waals surface area contributed by atoms with Gasteiger partial charge in [-0.05, 0) is 43.2 Å². The second kappa shape index (κ2) is 8.92. The van der Waals surface area contributed by atoms with Crippen molar-refractivity contribution in [1.82, 2.24) is 4.90 Å². The fourth-order valence-corrected chi connectivity index (χ4v) is 2.72. The summed E-state index contributed by atoms with van der Waals surface area (Å²) in [5.41, 5.74) is 2.39. The van der Waals surface area contributed by atoms with Gasteiger partial charge in [0.05, 0.1) is 22.3 Å². The number of hydrogen-bond acceptors (Lipinski definition) is 3. The molecule has 5 nitrogen and oxygen atoms in total. The summed E-state index contributed by atoms with van der Waals surface area (Å²) in [5, 5.41) is 3.28. The van der Waals surface area contributed by atoms with Gasteiger partial charge in [-0.2, -0.15) is 0 Å². The average molecular weight is 395 g/mol. The lowest BCUT2D eigenvalue weighted by Gasteiger charge is -2.18. The average Bonchev–Trinajstić information content (AvgIpc) is 2.59. The van der Waals surface area contributed by atoms with Gasteiger partial charge in [0.15, 0.2) is 6.61 Å². The smallest absolute Gasteiger partial charge is 0.260 e. The van der Waals surface area contributed by atoms with E-state index >= 15 is 0 Å². The van der Waals surface area contributed by atoms with Crippen LogP contribution in [-0.2, 0) is 9.59 Å². The van der Waals surface area contributed by atoms with Crippen molar-refractivity contribution in [1.29, 1.82) is 0 Å². The highest BCUT2D eigenvalue weighted by molar-refractivity contribution is 6.39. The van der Waals surface area contributed by atoms with E-state index in [1.807, 2.05) is 32.0 Å². The van der Waals surface area contributed by atoms with Gasteiger partial charge in [0, 0.05) is 7.05 Å². The second-order valence-electron chi connectivity index (χ2n) is 5.88. The van der Waals surface area contributed by atoms with Crippen LogP contribution < -0.4 is 10.1 Å². The molecule has 0 saturated carbocycles. The van der Waals surface area contributed by atoms with Crippen molar-refractivity contribution in [3.63, 3.8) is 0 Å². The molecule has 0 bridgehead atoms. The van der Waals surface area contributed by atoms with Crippen molar-refractivity contribution in [3.05, 3.63) is 57.6 Å². The van der Waals surface area contributed by atoms with E-state index in [1.54, 1.807) is 18.2 Å². The normalized spacial score (nSPS) is 10.3. The van der Waals surface area contributed by atoms with Gasteiger partial charge in [0.25, 0.3) is 5.91 Å². The molecule has 1 N–H and O–H groups in total. The van der Waals surface area contributed by atoms with Crippen LogP contribution in [-0.4, -0.2) is 36.9 Å². The lowest BCUT2D eigenvalue weighted by atomic mass is 10.1. The fraction of sp³-hybridized carbons (Fsp3) is 0.263. The topological polar surface area (TPSA) is 58.6 Å². The van der Waals surface area contributed by atoms with Gasteiger partial charge in [-0.3, -0.25) is 9.59 Å². The maximum atomic E-state index is 12.2. The summed E-state index contributed by atoms with van der Waals surface area (Å²) < 4.78 is 5.57. The van der Waals surface area contributed by atoms with E-state index in [4.69, 9.17) is 27.9 Å². The minimum atomic E-state index is -0.400. The molecule has 2 rings (SSSR count). The summed E-state index contributed by atoms with van der Waals surface area (Å²) in [7, 11) is 1.53. The number of aryl methyl sites for hydroxylation is 1. The summed E-state index contributed by atoms with van der Waals surface area (Å²) in [4.78, 5) is 25.6. The molecule has 0 radical (unpaired) electrons. The number of halogens is 2. The van der Waals surface area contributed by atoms with Crippen molar-refractivity contribution >= 4 is 40.7 Å². The van der Waals surface area contributed by atoms with E-state index in [-0.39, 0.29) is 19.1 Å². The zero-order valence-electron chi connectivity index (χ0n) is 14.8. The zero-order valence-corrected chi connectivity index (χ0v) is 16.3. The van der Waals surface area contributed by atoms with Gasteiger partial charge >= 0.3 is 0 Å². The minimum Gasteiger partial charge on any atom is -0.483 e. The summed E-state index contributed by atoms with van der Waals surface area (Å²) in [6.07, 6.45) is 0. The maximum absolute atomic E-state index is 12.2. The number of likely N-dealkylation sites (N-methyl/N-ethyl adjacent to an activating group) is 1. The number of rotatable bonds is 6. The van der Waals surface area contributed by atoms with Gasteiger partial charge in [0.1, 0.15) is 5.75 Å². The molecule has 0 spiro atoms. The molecule has 0 saturated heterocycles. The van der Waals surface area contributed by atoms with Gasteiger partial charge in [-0.1, -0.05) is 41.4 Å². The molecule has 2 amide bonds. The summed E-state index contributed by atoms with van der Waals surface area (Å²) in [6.45, 7) is 3.61. The lowest BCUT2D eigenvalue weighted by molar-refractivity contribution is -0.135. The highest BCUT2D eigenvalue weighted by atomic mass is 35.5. The van der Waals surface area contributed by atoms with Crippen LogP contribution in [0.5, 0.6) is 5.75 Å². The Hall–Kier alpha value is -2.24. The maximum Gasteiger partial charge on any atom is 0.260 e. The molecule has 0 aromatic heterocycles. The number of amides is 2. The Labute approximate surface area is 162 Å². The van der Waals surface area contributed by atoms with Crippen LogP contribution in [0.1, 0.15) is 11.1 Å². The molecular formula is C19H20Cl2N2O3. The van der Waals surface area contributed by atoms with Crippen LogP contribution in [0.2, 0.25) is 10.0 Å². The number of carbonyl (C=O) groups is 2. The Bertz CT molecular complexity index is 804. The first kappa shape index (κ1) is 20.1. The number of benzene rings is 2. The summed E-state index contributed by atoms with van der Waals surface area (Å²) in [5.74, 6) is -0.0621. The van der Waals surface area contributed by atoms with Crippen LogP contribution in [0, 0.1) is 13.8 Å². The monoisotopic (exact) mass is 394 g/mol. The van der Waals surface area contributed by atoms with Crippen molar-refractivity contribution in [3.8, 4) is 5.75 Å². The number of nitrogens with zero attached hydrogens (tertiary/aromatic N) is 1. The number of nitrogens with one attached hydrogen (secondary N) is 1. The Kier molecular flexibility index (Phi) is 6.89. The molecule has 0 atom stereocenters. The van der Waals surface area contributed by atoms with Crippen molar-refractivity contribution in [2.24, 2.45) is 0 Å². The van der Waals surface area contributed by atoms with Gasteiger partial charge < -0.3 is 15.0 Å². The number of para-hydroxylation sites is 1. The molecule has 2 aromatic carbocycles. The Morgan fingerprint density at radius 2 is 1.69 bits per heavy atom. The molecule has 0 aliphatic carbocycles. The van der Waals surface area contributed by atoms with E-state index in [0.29, 0.717) is 21.5 Å². The van der Waals surface area contributed by atoms with E-state index in [1.165, 1.54) is 11.9 Å². The van der Waals surface area contributed by atoms with E-state index < -0.39 is 5.91 Å². The molecule has 7 heteroatoms. The quantitative estimate of drug-likeness (QED) is 0.802. The van der Waals surface area contributed by atoms with E-state index in [9.17, 15) is 9.59 Å². The first-order chi connectivity index (χ1) is 12.3. The Morgan fingerprint density at radius 1 is 1.08 bits per heavy atom. The van der Waals surface area contributed by atoms with Crippen LogP contribution in [0.15, 0.2) is 36.4 Å². The number of anilines is 1. The van der Waals surface area contributed by atoms with Gasteiger partial charge in [-0.15, -0.1) is 0 Å². The fourth-order valence-electron chi connectivity index (χ4n) is 2.23. The van der Waals surface area contributed by atoms with Crippen molar-refractivity contribution < 1.29 is 14.3 Å². The molecule has 0 aliphatic heterocycles. The molecule has 0 heterocycles. The van der Waals surface area contributed by atoms with Crippen molar-refractivity contribution in [2.45, 2.75) is 13.8 Å². The largest absolute Gasteiger partial charge is 0.483 e. The third-order valence-corrected chi connectivity index (χ3v) is 4.57. The first-order valence-electron chi connectivity index (χ1n) is 7.96. The molecule has 2 aromatic rings. The van der Waals surface area contributed by atoms with Crippen LogP contribution >= 0.6 is 23.2 Å². The predicted octanol–water partition coefficient (Wildman–Crippen LogP) is 4.09. The molecule has 0 unspecified atom stereocenters. The van der Waals surface area contributed by atoms with Crippen LogP contribution in [0.3, 0.4) is 0 Å². The Balaban J connectivity index is 1.90. The van der Waals surface area contributed by atoms with Crippen LogP contribution in [0.25, 0.3) is 0 Å². The molecule has 26 heavy (non-hydrogen) atoms. The highest BCUT2D eigenvalue weighted by Gasteiger charge is 2.16. The second-order valence-corrected chi connectivity index (χ2v) is 6.70. The molecule has 0 fully saturated rings. The molecule has 0 aliphatic rings. The van der Waals surface area contributed by atoms with Crippen molar-refractivity contribution in [2.75, 3.05) is 25.5 Å². The molecule has 138 valence electrons. The highest BCUT2D eigenvalue weighted by Crippen LogP contribution is 2.29. The zero-order chi connectivity index (χ0) is 19.3. The number of ether oxygens (including phenoxy) is 1. The summed E-state index contributed by atoms with van der Waals surface area (Å²) in [6, 6.07) is 10.6. The number of carbonyl (C=O) groups excluding carboxylic acids is 2.